The van der Waals surface area contributed by atoms with E-state index in [1.165, 1.54) is 0 Å². The average Bonchev–Trinajstić information content (AvgIpc) is 2.17. The molecule has 2 N–H and O–H groups in total. The van der Waals surface area contributed by atoms with E-state index in [1.807, 2.05) is 20.8 Å². The lowest BCUT2D eigenvalue weighted by atomic mass is 9.79. The number of nitrogens with one attached hydrogen (secondary N) is 1. The van der Waals surface area contributed by atoms with Crippen LogP contribution in [-0.2, 0) is 4.74 Å². The van der Waals surface area contributed by atoms with Gasteiger partial charge in [-0.05, 0) is 46.0 Å². The molecule has 0 radical (unpaired) electrons. The Bertz CT molecular complexity index is 260. The molecule has 17 heavy (non-hydrogen) atoms. The lowest BCUT2D eigenvalue weighted by Gasteiger charge is -2.34. The van der Waals surface area contributed by atoms with Gasteiger partial charge in [-0.2, -0.15) is 0 Å². The van der Waals surface area contributed by atoms with Gasteiger partial charge in [0.25, 0.3) is 0 Å². The Kier molecular flexibility index (Phi) is 4.80. The van der Waals surface area contributed by atoms with Crippen LogP contribution in [0.3, 0.4) is 0 Å². The highest BCUT2D eigenvalue weighted by Gasteiger charge is 2.30. The molecule has 1 saturated carbocycles. The van der Waals surface area contributed by atoms with Gasteiger partial charge in [0.05, 0.1) is 0 Å². The second-order valence-corrected chi connectivity index (χ2v) is 6.11. The summed E-state index contributed by atoms with van der Waals surface area (Å²) in [6, 6.07) is 0.0473. The van der Waals surface area contributed by atoms with Crippen LogP contribution in [0.25, 0.3) is 0 Å². The second kappa shape index (κ2) is 5.71. The maximum Gasteiger partial charge on any atom is 0.407 e. The van der Waals surface area contributed by atoms with Gasteiger partial charge < -0.3 is 15.2 Å². The third-order valence-corrected chi connectivity index (χ3v) is 3.18. The molecular formula is C13H25NO3. The topological polar surface area (TPSA) is 58.6 Å². The molecule has 0 saturated heterocycles. The van der Waals surface area contributed by atoms with Gasteiger partial charge in [-0.25, -0.2) is 4.79 Å². The van der Waals surface area contributed by atoms with Crippen molar-refractivity contribution < 1.29 is 14.6 Å². The molecule has 0 bridgehead atoms. The van der Waals surface area contributed by atoms with Gasteiger partial charge in [-0.1, -0.05) is 6.92 Å². The highest BCUT2D eigenvalue weighted by molar-refractivity contribution is 5.68. The largest absolute Gasteiger partial charge is 0.444 e. The third kappa shape index (κ3) is 4.94. The van der Waals surface area contributed by atoms with E-state index in [0.717, 1.165) is 19.3 Å². The van der Waals surface area contributed by atoms with Gasteiger partial charge in [-0.3, -0.25) is 0 Å². The van der Waals surface area contributed by atoms with Crippen molar-refractivity contribution in [3.63, 3.8) is 0 Å². The van der Waals surface area contributed by atoms with Crippen molar-refractivity contribution in [1.29, 1.82) is 0 Å². The van der Waals surface area contributed by atoms with Crippen molar-refractivity contribution in [2.75, 3.05) is 6.61 Å². The van der Waals surface area contributed by atoms with Gasteiger partial charge in [0.2, 0.25) is 0 Å². The van der Waals surface area contributed by atoms with Crippen LogP contribution in [-0.4, -0.2) is 29.4 Å². The van der Waals surface area contributed by atoms with Crippen LogP contribution in [0.5, 0.6) is 0 Å². The fourth-order valence-electron chi connectivity index (χ4n) is 2.35. The predicted octanol–water partition coefficient (Wildman–Crippen LogP) is 2.31. The summed E-state index contributed by atoms with van der Waals surface area (Å²) in [6.45, 7) is 7.86. The standard InChI is InChI=1S/C13H25NO3/c1-9-5-6-11(10(7-9)8-15)14-12(16)17-13(2,3)4/h9-11,15H,5-8H2,1-4H3,(H,14,16)/t9?,10-,11+/m1/s1. The van der Waals surface area contributed by atoms with Gasteiger partial charge in [-0.15, -0.1) is 0 Å². The number of rotatable bonds is 2. The van der Waals surface area contributed by atoms with Crippen LogP contribution in [0.15, 0.2) is 0 Å². The monoisotopic (exact) mass is 243 g/mol. The number of aliphatic hydroxyl groups excluding tert-OH is 1. The lowest BCUT2D eigenvalue weighted by Crippen LogP contribution is -2.46. The molecule has 1 amide bonds. The zero-order valence-electron chi connectivity index (χ0n) is 11.3. The summed E-state index contributed by atoms with van der Waals surface area (Å²) in [5, 5.41) is 12.2. The smallest absolute Gasteiger partial charge is 0.407 e. The number of ether oxygens (including phenoxy) is 1. The molecule has 1 aliphatic rings. The van der Waals surface area contributed by atoms with E-state index in [0.29, 0.717) is 5.92 Å². The summed E-state index contributed by atoms with van der Waals surface area (Å²) in [5.74, 6) is 0.787. The molecule has 0 heterocycles. The molecule has 0 aromatic rings. The zero-order chi connectivity index (χ0) is 13.1. The fourth-order valence-corrected chi connectivity index (χ4v) is 2.35. The Morgan fingerprint density at radius 2 is 2.06 bits per heavy atom. The highest BCUT2D eigenvalue weighted by Crippen LogP contribution is 2.28. The van der Waals surface area contributed by atoms with E-state index in [4.69, 9.17) is 4.74 Å². The first-order chi connectivity index (χ1) is 7.81. The van der Waals surface area contributed by atoms with Crippen molar-refractivity contribution in [1.82, 2.24) is 5.32 Å². The molecule has 1 aliphatic carbocycles. The Hall–Kier alpha value is -0.770. The molecule has 100 valence electrons. The summed E-state index contributed by atoms with van der Waals surface area (Å²) in [7, 11) is 0. The summed E-state index contributed by atoms with van der Waals surface area (Å²) in [5.41, 5.74) is -0.471. The van der Waals surface area contributed by atoms with Crippen LogP contribution < -0.4 is 5.32 Å². The average molecular weight is 243 g/mol. The van der Waals surface area contributed by atoms with Gasteiger partial charge in [0, 0.05) is 18.6 Å². The predicted molar refractivity (Wildman–Crippen MR) is 66.7 cm³/mol. The first-order valence-corrected chi connectivity index (χ1v) is 6.42. The molecule has 0 aliphatic heterocycles. The minimum atomic E-state index is -0.471. The SMILES string of the molecule is CC1CC[C@H](NC(=O)OC(C)(C)C)[C@@H](CO)C1. The van der Waals surface area contributed by atoms with Crippen LogP contribution in [0.1, 0.15) is 47.0 Å². The molecule has 1 fully saturated rings. The minimum absolute atomic E-state index is 0.0473. The Morgan fingerprint density at radius 1 is 1.41 bits per heavy atom. The van der Waals surface area contributed by atoms with Crippen molar-refractivity contribution in [2.45, 2.75) is 58.6 Å². The Morgan fingerprint density at radius 3 is 2.59 bits per heavy atom. The van der Waals surface area contributed by atoms with Crippen LogP contribution >= 0.6 is 0 Å². The Balaban J connectivity index is 2.47. The molecule has 1 rings (SSSR count). The van der Waals surface area contributed by atoms with Crippen molar-refractivity contribution in [3.8, 4) is 0 Å². The van der Waals surface area contributed by atoms with E-state index in [9.17, 15) is 9.90 Å². The van der Waals surface area contributed by atoms with Crippen molar-refractivity contribution in [2.24, 2.45) is 11.8 Å². The number of alkyl carbamates (subject to hydrolysis) is 1. The fraction of sp³-hybridized carbons (Fsp3) is 0.923. The van der Waals surface area contributed by atoms with Crippen LogP contribution in [0.4, 0.5) is 4.79 Å². The highest BCUT2D eigenvalue weighted by atomic mass is 16.6. The zero-order valence-corrected chi connectivity index (χ0v) is 11.3. The van der Waals surface area contributed by atoms with Crippen molar-refractivity contribution >= 4 is 6.09 Å². The molecule has 3 atom stereocenters. The first kappa shape index (κ1) is 14.3. The molecule has 1 unspecified atom stereocenters. The second-order valence-electron chi connectivity index (χ2n) is 6.11. The van der Waals surface area contributed by atoms with E-state index in [2.05, 4.69) is 12.2 Å². The molecule has 0 aromatic heterocycles. The van der Waals surface area contributed by atoms with Crippen LogP contribution in [0.2, 0.25) is 0 Å². The molecule has 4 heteroatoms. The van der Waals surface area contributed by atoms with Gasteiger partial charge in [0.15, 0.2) is 0 Å². The third-order valence-electron chi connectivity index (χ3n) is 3.18. The molecular weight excluding hydrogens is 218 g/mol. The summed E-state index contributed by atoms with van der Waals surface area (Å²) < 4.78 is 5.23. The summed E-state index contributed by atoms with van der Waals surface area (Å²) in [6.07, 6.45) is 2.61. The van der Waals surface area contributed by atoms with Crippen LogP contribution in [0, 0.1) is 11.8 Å². The van der Waals surface area contributed by atoms with E-state index >= 15 is 0 Å². The quantitative estimate of drug-likeness (QED) is 0.782. The normalized spacial score (nSPS) is 29.8. The van der Waals surface area contributed by atoms with Gasteiger partial charge >= 0.3 is 6.09 Å². The molecule has 0 aromatic carbocycles. The number of carbonyl (C=O) groups excluding carboxylic acids is 1. The van der Waals surface area contributed by atoms with E-state index in [1.54, 1.807) is 0 Å². The number of carbonyl (C=O) groups is 1. The number of aliphatic hydroxyl groups is 1. The Labute approximate surface area is 104 Å². The van der Waals surface area contributed by atoms with Gasteiger partial charge in [0.1, 0.15) is 5.60 Å². The summed E-state index contributed by atoms with van der Waals surface area (Å²) >= 11 is 0. The lowest BCUT2D eigenvalue weighted by molar-refractivity contribution is 0.0427. The van der Waals surface area contributed by atoms with E-state index < -0.39 is 5.60 Å². The maximum absolute atomic E-state index is 11.7. The first-order valence-electron chi connectivity index (χ1n) is 6.42. The minimum Gasteiger partial charge on any atom is -0.444 e. The number of amides is 1. The van der Waals surface area contributed by atoms with E-state index in [-0.39, 0.29) is 24.7 Å². The maximum atomic E-state index is 11.7. The molecule has 4 nitrogen and oxygen atoms in total. The number of hydrogen-bond acceptors (Lipinski definition) is 3. The molecule has 0 spiro atoms. The van der Waals surface area contributed by atoms with Crippen molar-refractivity contribution in [3.05, 3.63) is 0 Å². The number of hydrogen-bond donors (Lipinski definition) is 2. The summed E-state index contributed by atoms with van der Waals surface area (Å²) in [4.78, 5) is 11.7.